The molecule has 0 saturated heterocycles. The number of carbonyl (C=O) groups is 1. The van der Waals surface area contributed by atoms with Crippen molar-refractivity contribution < 1.29 is 9.53 Å². The number of rotatable bonds is 7. The van der Waals surface area contributed by atoms with E-state index in [0.29, 0.717) is 36.2 Å². The van der Waals surface area contributed by atoms with E-state index in [9.17, 15) is 9.59 Å². The number of carbonyl (C=O) groups excluding carboxylic acids is 1. The molecule has 0 fully saturated rings. The third-order valence-corrected chi connectivity index (χ3v) is 3.80. The Bertz CT molecular complexity index is 721. The first-order chi connectivity index (χ1) is 10.6. The molecule has 0 aliphatic carbocycles. The number of methoxy groups -OCH3 is 1. The molecule has 0 spiro atoms. The largest absolute Gasteiger partial charge is 0.383 e. The van der Waals surface area contributed by atoms with Crippen molar-refractivity contribution in [2.75, 3.05) is 33.4 Å². The van der Waals surface area contributed by atoms with Gasteiger partial charge in [-0.25, -0.2) is 0 Å². The van der Waals surface area contributed by atoms with Crippen molar-refractivity contribution >= 4 is 45.1 Å². The Balaban J connectivity index is 0.00000264. The number of aromatic nitrogens is 1. The van der Waals surface area contributed by atoms with Crippen molar-refractivity contribution in [2.45, 2.75) is 0 Å². The molecule has 1 aromatic heterocycles. The summed E-state index contributed by atoms with van der Waals surface area (Å²) in [7, 11) is 1.64. The lowest BCUT2D eigenvalue weighted by Crippen LogP contribution is -2.33. The number of H-pyrrole nitrogens is 1. The van der Waals surface area contributed by atoms with Crippen molar-refractivity contribution in [3.8, 4) is 0 Å². The molecular weight excluding hydrogens is 386 g/mol. The number of fused-ring (bicyclic) bond motifs is 1. The zero-order valence-electron chi connectivity index (χ0n) is 12.6. The fourth-order valence-corrected chi connectivity index (χ4v) is 2.56. The second-order valence-electron chi connectivity index (χ2n) is 4.71. The average Bonchev–Trinajstić information content (AvgIpc) is 2.51. The van der Waals surface area contributed by atoms with E-state index in [1.165, 1.54) is 6.07 Å². The zero-order valence-corrected chi connectivity index (χ0v) is 15.1. The molecular formula is C15H19BrClN3O3. The first-order valence-electron chi connectivity index (χ1n) is 6.93. The number of halogens is 2. The monoisotopic (exact) mass is 403 g/mol. The molecule has 1 amide bonds. The summed E-state index contributed by atoms with van der Waals surface area (Å²) in [6, 6.07) is 6.78. The molecule has 0 atom stereocenters. The molecule has 1 aromatic carbocycles. The number of para-hydroxylation sites is 1. The minimum Gasteiger partial charge on any atom is -0.383 e. The number of ether oxygens (including phenoxy) is 1. The zero-order chi connectivity index (χ0) is 15.9. The van der Waals surface area contributed by atoms with Gasteiger partial charge in [0.2, 0.25) is 5.56 Å². The highest BCUT2D eigenvalue weighted by atomic mass is 79.9. The molecule has 6 nitrogen and oxygen atoms in total. The van der Waals surface area contributed by atoms with Crippen LogP contribution in [0.2, 0.25) is 0 Å². The van der Waals surface area contributed by atoms with Gasteiger partial charge in [0.25, 0.3) is 5.91 Å². The smallest absolute Gasteiger partial charge is 0.252 e. The van der Waals surface area contributed by atoms with Crippen LogP contribution in [0.15, 0.2) is 33.5 Å². The number of aromatic amines is 1. The van der Waals surface area contributed by atoms with Crippen LogP contribution in [-0.4, -0.2) is 44.2 Å². The first kappa shape index (κ1) is 19.6. The maximum Gasteiger partial charge on any atom is 0.252 e. The van der Waals surface area contributed by atoms with Gasteiger partial charge >= 0.3 is 0 Å². The Morgan fingerprint density at radius 2 is 2.09 bits per heavy atom. The Hall–Kier alpha value is -1.41. The van der Waals surface area contributed by atoms with E-state index in [4.69, 9.17) is 4.74 Å². The molecule has 126 valence electrons. The molecule has 3 N–H and O–H groups in total. The summed E-state index contributed by atoms with van der Waals surface area (Å²) in [5, 5.41) is 6.65. The predicted octanol–water partition coefficient (Wildman–Crippen LogP) is 1.68. The topological polar surface area (TPSA) is 83.2 Å². The normalized spacial score (nSPS) is 10.3. The Kier molecular flexibility index (Phi) is 8.25. The minimum absolute atomic E-state index is 0. The van der Waals surface area contributed by atoms with Crippen LogP contribution in [0.5, 0.6) is 0 Å². The fourth-order valence-electron chi connectivity index (χ4n) is 2.09. The molecule has 0 unspecified atom stereocenters. The highest BCUT2D eigenvalue weighted by Gasteiger charge is 2.12. The molecule has 23 heavy (non-hydrogen) atoms. The quantitative estimate of drug-likeness (QED) is 0.613. The van der Waals surface area contributed by atoms with Gasteiger partial charge in [-0.1, -0.05) is 12.1 Å². The lowest BCUT2D eigenvalue weighted by molar-refractivity contribution is 0.0955. The maximum atomic E-state index is 12.3. The van der Waals surface area contributed by atoms with Crippen LogP contribution in [0, 0.1) is 0 Å². The van der Waals surface area contributed by atoms with Gasteiger partial charge in [0.1, 0.15) is 0 Å². The van der Waals surface area contributed by atoms with Gasteiger partial charge in [0.15, 0.2) is 0 Å². The van der Waals surface area contributed by atoms with Gasteiger partial charge in [0, 0.05) is 42.7 Å². The van der Waals surface area contributed by atoms with Crippen LogP contribution in [-0.2, 0) is 4.74 Å². The van der Waals surface area contributed by atoms with Crippen LogP contribution in [0.25, 0.3) is 10.9 Å². The number of hydrogen-bond acceptors (Lipinski definition) is 4. The summed E-state index contributed by atoms with van der Waals surface area (Å²) in [5.74, 6) is -0.261. The van der Waals surface area contributed by atoms with Gasteiger partial charge in [-0.3, -0.25) is 9.59 Å². The summed E-state index contributed by atoms with van der Waals surface area (Å²) < 4.78 is 5.67. The molecule has 2 rings (SSSR count). The van der Waals surface area contributed by atoms with E-state index in [1.807, 2.05) is 18.2 Å². The van der Waals surface area contributed by atoms with Crippen LogP contribution >= 0.6 is 28.3 Å². The third-order valence-electron chi connectivity index (χ3n) is 3.14. The summed E-state index contributed by atoms with van der Waals surface area (Å²) in [6.07, 6.45) is 0. The van der Waals surface area contributed by atoms with Gasteiger partial charge in [-0.2, -0.15) is 0 Å². The Labute approximate surface area is 148 Å². The van der Waals surface area contributed by atoms with E-state index >= 15 is 0 Å². The van der Waals surface area contributed by atoms with Crippen molar-refractivity contribution in [3.63, 3.8) is 0 Å². The van der Waals surface area contributed by atoms with Gasteiger partial charge in [0.05, 0.1) is 17.7 Å². The molecule has 1 heterocycles. The lowest BCUT2D eigenvalue weighted by Gasteiger charge is -2.09. The summed E-state index contributed by atoms with van der Waals surface area (Å²) >= 11 is 3.38. The summed E-state index contributed by atoms with van der Waals surface area (Å²) in [6.45, 7) is 2.47. The van der Waals surface area contributed by atoms with Crippen LogP contribution in [0.4, 0.5) is 0 Å². The van der Waals surface area contributed by atoms with E-state index < -0.39 is 0 Å². The second kappa shape index (κ2) is 9.67. The molecule has 0 aliphatic rings. The highest BCUT2D eigenvalue weighted by molar-refractivity contribution is 9.10. The molecule has 2 aromatic rings. The second-order valence-corrected chi connectivity index (χ2v) is 5.56. The number of benzene rings is 1. The number of amides is 1. The van der Waals surface area contributed by atoms with E-state index in [2.05, 4.69) is 31.5 Å². The standard InChI is InChI=1S/C15H18BrN3O3.ClH/c1-22-8-7-17-5-6-18-15(21)11-9-13(20)19-14-10(11)3-2-4-12(14)16;/h2-4,9,17H,5-8H2,1H3,(H,18,21)(H,19,20);1H. The van der Waals surface area contributed by atoms with Gasteiger partial charge in [-0.05, 0) is 22.0 Å². The van der Waals surface area contributed by atoms with Crippen molar-refractivity contribution in [1.29, 1.82) is 0 Å². The summed E-state index contributed by atoms with van der Waals surface area (Å²) in [5.41, 5.74) is 0.693. The first-order valence-corrected chi connectivity index (χ1v) is 7.72. The molecule has 0 saturated carbocycles. The molecule has 8 heteroatoms. The molecule has 0 aliphatic heterocycles. The molecule has 0 radical (unpaired) electrons. The SMILES string of the molecule is COCCNCCNC(=O)c1cc(=O)[nH]c2c(Br)cccc12.Cl. The predicted molar refractivity (Wildman–Crippen MR) is 96.6 cm³/mol. The van der Waals surface area contributed by atoms with E-state index in [1.54, 1.807) is 7.11 Å². The molecule has 0 bridgehead atoms. The van der Waals surface area contributed by atoms with Crippen molar-refractivity contribution in [3.05, 3.63) is 44.7 Å². The van der Waals surface area contributed by atoms with E-state index in [0.717, 1.165) is 11.0 Å². The van der Waals surface area contributed by atoms with Crippen molar-refractivity contribution in [1.82, 2.24) is 15.6 Å². The number of hydrogen-bond donors (Lipinski definition) is 3. The van der Waals surface area contributed by atoms with Gasteiger partial charge in [-0.15, -0.1) is 12.4 Å². The highest BCUT2D eigenvalue weighted by Crippen LogP contribution is 2.23. The maximum absolute atomic E-state index is 12.3. The number of nitrogens with one attached hydrogen (secondary N) is 3. The van der Waals surface area contributed by atoms with Crippen LogP contribution < -0.4 is 16.2 Å². The Morgan fingerprint density at radius 3 is 2.83 bits per heavy atom. The van der Waals surface area contributed by atoms with Crippen LogP contribution in [0.3, 0.4) is 0 Å². The number of pyridine rings is 1. The van der Waals surface area contributed by atoms with Crippen LogP contribution in [0.1, 0.15) is 10.4 Å². The van der Waals surface area contributed by atoms with Crippen molar-refractivity contribution in [2.24, 2.45) is 0 Å². The van der Waals surface area contributed by atoms with Gasteiger partial charge < -0.3 is 20.4 Å². The fraction of sp³-hybridized carbons (Fsp3) is 0.333. The lowest BCUT2D eigenvalue weighted by atomic mass is 10.1. The minimum atomic E-state index is -0.303. The summed E-state index contributed by atoms with van der Waals surface area (Å²) in [4.78, 5) is 26.7. The third kappa shape index (κ3) is 5.31. The Morgan fingerprint density at radius 1 is 1.30 bits per heavy atom. The van der Waals surface area contributed by atoms with E-state index in [-0.39, 0.29) is 23.9 Å². The average molecular weight is 405 g/mol.